The Hall–Kier alpha value is -1.85. The molecule has 1 aliphatic heterocycles. The highest BCUT2D eigenvalue weighted by molar-refractivity contribution is 5.84. The van der Waals surface area contributed by atoms with Crippen LogP contribution in [0.5, 0.6) is 5.88 Å². The number of nitrogens with one attached hydrogen (secondary N) is 1. The van der Waals surface area contributed by atoms with Gasteiger partial charge in [0.1, 0.15) is 17.7 Å². The summed E-state index contributed by atoms with van der Waals surface area (Å²) in [6.45, 7) is 7.86. The maximum Gasteiger partial charge on any atom is 0.244 e. The average molecular weight is 292 g/mol. The standard InChI is InChI=1S/C15H24N4O2/c1-4-21-14-10-13(17-12(3)18-14)16-11(2)15(20)19-8-6-5-7-9-19/h10-11H,4-9H2,1-3H3,(H,16,17,18). The van der Waals surface area contributed by atoms with Crippen molar-refractivity contribution in [2.24, 2.45) is 0 Å². The highest BCUT2D eigenvalue weighted by Gasteiger charge is 2.22. The molecule has 1 aromatic heterocycles. The summed E-state index contributed by atoms with van der Waals surface area (Å²) in [5.74, 6) is 1.92. The van der Waals surface area contributed by atoms with Crippen molar-refractivity contribution in [3.8, 4) is 5.88 Å². The van der Waals surface area contributed by atoms with Gasteiger partial charge in [-0.1, -0.05) is 0 Å². The number of hydrogen-bond donors (Lipinski definition) is 1. The van der Waals surface area contributed by atoms with Crippen LogP contribution in [0.1, 0.15) is 38.9 Å². The highest BCUT2D eigenvalue weighted by atomic mass is 16.5. The van der Waals surface area contributed by atoms with Gasteiger partial charge in [-0.2, -0.15) is 4.98 Å². The number of aromatic nitrogens is 2. The molecule has 0 radical (unpaired) electrons. The summed E-state index contributed by atoms with van der Waals surface area (Å²) in [4.78, 5) is 22.8. The molecule has 2 heterocycles. The van der Waals surface area contributed by atoms with Crippen molar-refractivity contribution in [1.29, 1.82) is 0 Å². The molecule has 0 aromatic carbocycles. The molecule has 1 saturated heterocycles. The second-order valence-corrected chi connectivity index (χ2v) is 5.32. The maximum absolute atomic E-state index is 12.4. The third-order valence-electron chi connectivity index (χ3n) is 3.51. The van der Waals surface area contributed by atoms with Crippen LogP contribution in [0.15, 0.2) is 6.07 Å². The molecule has 6 heteroatoms. The lowest BCUT2D eigenvalue weighted by atomic mass is 10.1. The molecule has 1 atom stereocenters. The first-order valence-electron chi connectivity index (χ1n) is 7.64. The van der Waals surface area contributed by atoms with Gasteiger partial charge < -0.3 is 15.0 Å². The van der Waals surface area contributed by atoms with E-state index >= 15 is 0 Å². The zero-order valence-electron chi connectivity index (χ0n) is 13.1. The van der Waals surface area contributed by atoms with Gasteiger partial charge in [-0.15, -0.1) is 0 Å². The van der Waals surface area contributed by atoms with Crippen molar-refractivity contribution in [2.45, 2.75) is 46.1 Å². The number of carbonyl (C=O) groups excluding carboxylic acids is 1. The Labute approximate surface area is 125 Å². The first-order chi connectivity index (χ1) is 10.1. The quantitative estimate of drug-likeness (QED) is 0.899. The topological polar surface area (TPSA) is 67.3 Å². The first-order valence-corrected chi connectivity index (χ1v) is 7.64. The Bertz CT molecular complexity index is 487. The van der Waals surface area contributed by atoms with Gasteiger partial charge in [0.2, 0.25) is 11.8 Å². The molecule has 116 valence electrons. The van der Waals surface area contributed by atoms with Crippen LogP contribution in [0.4, 0.5) is 5.82 Å². The lowest BCUT2D eigenvalue weighted by Crippen LogP contribution is -2.44. The Morgan fingerprint density at radius 2 is 2.10 bits per heavy atom. The van der Waals surface area contributed by atoms with Gasteiger partial charge in [-0.25, -0.2) is 4.98 Å². The van der Waals surface area contributed by atoms with Crippen molar-refractivity contribution in [3.63, 3.8) is 0 Å². The van der Waals surface area contributed by atoms with E-state index in [0.717, 1.165) is 25.9 Å². The number of piperidine rings is 1. The molecule has 1 aromatic rings. The van der Waals surface area contributed by atoms with Gasteiger partial charge in [0.05, 0.1) is 6.61 Å². The van der Waals surface area contributed by atoms with Crippen LogP contribution in [0.2, 0.25) is 0 Å². The molecule has 1 fully saturated rings. The fourth-order valence-corrected chi connectivity index (χ4v) is 2.51. The molecule has 0 aliphatic carbocycles. The number of likely N-dealkylation sites (tertiary alicyclic amines) is 1. The Morgan fingerprint density at radius 3 is 2.76 bits per heavy atom. The van der Waals surface area contributed by atoms with E-state index in [0.29, 0.717) is 24.1 Å². The lowest BCUT2D eigenvalue weighted by Gasteiger charge is -2.29. The average Bonchev–Trinajstić information content (AvgIpc) is 2.47. The van der Waals surface area contributed by atoms with Crippen LogP contribution in [-0.4, -0.2) is 46.5 Å². The second-order valence-electron chi connectivity index (χ2n) is 5.32. The predicted molar refractivity (Wildman–Crippen MR) is 81.5 cm³/mol. The molecule has 21 heavy (non-hydrogen) atoms. The summed E-state index contributed by atoms with van der Waals surface area (Å²) < 4.78 is 5.40. The minimum atomic E-state index is -0.299. The fraction of sp³-hybridized carbons (Fsp3) is 0.667. The SMILES string of the molecule is CCOc1cc(NC(C)C(=O)N2CCCCC2)nc(C)n1. The Kier molecular flexibility index (Phi) is 5.36. The summed E-state index contributed by atoms with van der Waals surface area (Å²) in [7, 11) is 0. The zero-order chi connectivity index (χ0) is 15.2. The van der Waals surface area contributed by atoms with E-state index in [2.05, 4.69) is 15.3 Å². The first kappa shape index (κ1) is 15.5. The smallest absolute Gasteiger partial charge is 0.244 e. The number of rotatable bonds is 5. The third-order valence-corrected chi connectivity index (χ3v) is 3.51. The largest absolute Gasteiger partial charge is 0.478 e. The number of carbonyl (C=O) groups is 1. The number of hydrogen-bond acceptors (Lipinski definition) is 5. The van der Waals surface area contributed by atoms with Crippen molar-refractivity contribution in [2.75, 3.05) is 25.0 Å². The third kappa shape index (κ3) is 4.31. The lowest BCUT2D eigenvalue weighted by molar-refractivity contribution is -0.132. The number of aryl methyl sites for hydroxylation is 1. The van der Waals surface area contributed by atoms with Crippen molar-refractivity contribution in [3.05, 3.63) is 11.9 Å². The van der Waals surface area contributed by atoms with Crippen molar-refractivity contribution >= 4 is 11.7 Å². The van der Waals surface area contributed by atoms with Crippen LogP contribution in [0, 0.1) is 6.92 Å². The van der Waals surface area contributed by atoms with E-state index in [4.69, 9.17) is 4.74 Å². The summed E-state index contributed by atoms with van der Waals surface area (Å²) >= 11 is 0. The van der Waals surface area contributed by atoms with E-state index in [1.54, 1.807) is 6.07 Å². The Morgan fingerprint density at radius 1 is 1.38 bits per heavy atom. The van der Waals surface area contributed by atoms with Crippen LogP contribution < -0.4 is 10.1 Å². The molecule has 1 aliphatic rings. The van der Waals surface area contributed by atoms with Crippen LogP contribution in [0.3, 0.4) is 0 Å². The van der Waals surface area contributed by atoms with Gasteiger partial charge in [0.25, 0.3) is 0 Å². The van der Waals surface area contributed by atoms with Crippen LogP contribution in [0.25, 0.3) is 0 Å². The highest BCUT2D eigenvalue weighted by Crippen LogP contribution is 2.16. The van der Waals surface area contributed by atoms with Crippen LogP contribution >= 0.6 is 0 Å². The normalized spacial score (nSPS) is 16.4. The molecule has 6 nitrogen and oxygen atoms in total. The molecule has 1 unspecified atom stereocenters. The maximum atomic E-state index is 12.4. The van der Waals surface area contributed by atoms with E-state index < -0.39 is 0 Å². The predicted octanol–water partition coefficient (Wildman–Crippen LogP) is 2.00. The molecule has 1 N–H and O–H groups in total. The van der Waals surface area contributed by atoms with E-state index in [9.17, 15) is 4.79 Å². The number of nitrogens with zero attached hydrogens (tertiary/aromatic N) is 3. The van der Waals surface area contributed by atoms with Gasteiger partial charge in [-0.3, -0.25) is 4.79 Å². The molecule has 0 saturated carbocycles. The van der Waals surface area contributed by atoms with Gasteiger partial charge in [0, 0.05) is 19.2 Å². The number of ether oxygens (including phenoxy) is 1. The minimum Gasteiger partial charge on any atom is -0.478 e. The van der Waals surface area contributed by atoms with Gasteiger partial charge in [-0.05, 0) is 40.0 Å². The monoisotopic (exact) mass is 292 g/mol. The fourth-order valence-electron chi connectivity index (χ4n) is 2.51. The van der Waals surface area contributed by atoms with Gasteiger partial charge >= 0.3 is 0 Å². The Balaban J connectivity index is 2.01. The zero-order valence-corrected chi connectivity index (χ0v) is 13.1. The number of anilines is 1. The van der Waals surface area contributed by atoms with Gasteiger partial charge in [0.15, 0.2) is 0 Å². The summed E-state index contributed by atoms with van der Waals surface area (Å²) in [5.41, 5.74) is 0. The molecule has 1 amide bonds. The van der Waals surface area contributed by atoms with E-state index in [-0.39, 0.29) is 11.9 Å². The second kappa shape index (κ2) is 7.24. The summed E-state index contributed by atoms with van der Waals surface area (Å²) in [6, 6.07) is 1.43. The molecular formula is C15H24N4O2. The number of amides is 1. The molecule has 0 bridgehead atoms. The van der Waals surface area contributed by atoms with Crippen molar-refractivity contribution < 1.29 is 9.53 Å². The minimum absolute atomic E-state index is 0.129. The van der Waals surface area contributed by atoms with E-state index in [1.165, 1.54) is 6.42 Å². The molecule has 2 rings (SSSR count). The molecular weight excluding hydrogens is 268 g/mol. The molecule has 0 spiro atoms. The summed E-state index contributed by atoms with van der Waals surface area (Å²) in [5, 5.41) is 3.16. The summed E-state index contributed by atoms with van der Waals surface area (Å²) in [6.07, 6.45) is 3.41. The van der Waals surface area contributed by atoms with E-state index in [1.807, 2.05) is 25.7 Å². The van der Waals surface area contributed by atoms with Crippen molar-refractivity contribution in [1.82, 2.24) is 14.9 Å². The van der Waals surface area contributed by atoms with Crippen LogP contribution in [-0.2, 0) is 4.79 Å².